The van der Waals surface area contributed by atoms with E-state index in [9.17, 15) is 31.5 Å². The Balaban J connectivity index is 1.67. The van der Waals surface area contributed by atoms with Gasteiger partial charge in [-0.15, -0.1) is 0 Å². The lowest BCUT2D eigenvalue weighted by molar-refractivity contribution is -0.266. The van der Waals surface area contributed by atoms with Crippen molar-refractivity contribution in [1.82, 2.24) is 19.9 Å². The number of oxazole rings is 1. The number of alkyl halides is 3. The monoisotopic (exact) mass is 484 g/mol. The van der Waals surface area contributed by atoms with E-state index in [2.05, 4.69) is 24.5 Å². The van der Waals surface area contributed by atoms with E-state index in [1.807, 2.05) is 0 Å². The average Bonchev–Trinajstić information content (AvgIpc) is 3.28. The number of amides is 1. The molecular weight excluding hydrogens is 471 g/mol. The summed E-state index contributed by atoms with van der Waals surface area (Å²) >= 11 is 0. The second kappa shape index (κ2) is 8.23. The molecule has 1 N–H and O–H groups in total. The molecule has 0 radical (unpaired) electrons. The van der Waals surface area contributed by atoms with Crippen LogP contribution < -0.4 is 14.6 Å². The van der Waals surface area contributed by atoms with E-state index in [-0.39, 0.29) is 30.2 Å². The molecular formula is C18H13F3N5O6S-. The fourth-order valence-electron chi connectivity index (χ4n) is 3.02. The zero-order chi connectivity index (χ0) is 23.8. The molecule has 0 bridgehead atoms. The van der Waals surface area contributed by atoms with Crippen LogP contribution in [0.2, 0.25) is 0 Å². The maximum atomic E-state index is 12.9. The number of nitrogens with one attached hydrogen (secondary N) is 1. The Morgan fingerprint density at radius 2 is 1.94 bits per heavy atom. The molecule has 0 aliphatic carbocycles. The highest BCUT2D eigenvalue weighted by Crippen LogP contribution is 2.32. The van der Waals surface area contributed by atoms with Gasteiger partial charge in [0.15, 0.2) is 12.2 Å². The largest absolute Gasteiger partial charge is 0.534 e. The fourth-order valence-corrected chi connectivity index (χ4v) is 3.46. The van der Waals surface area contributed by atoms with Crippen LogP contribution in [0.25, 0.3) is 11.3 Å². The minimum atomic E-state index is -6.06. The average molecular weight is 484 g/mol. The van der Waals surface area contributed by atoms with Gasteiger partial charge in [0.25, 0.3) is 0 Å². The second-order valence-corrected chi connectivity index (χ2v) is 8.30. The molecule has 15 heteroatoms. The fraction of sp³-hybridized carbons (Fsp3) is 0.222. The van der Waals surface area contributed by atoms with E-state index >= 15 is 0 Å². The van der Waals surface area contributed by atoms with Crippen molar-refractivity contribution in [3.8, 4) is 17.2 Å². The molecule has 4 rings (SSSR count). The van der Waals surface area contributed by atoms with Crippen molar-refractivity contribution in [2.45, 2.75) is 18.5 Å². The maximum absolute atomic E-state index is 12.9. The number of hydrogen-bond acceptors (Lipinski definition) is 10. The molecule has 1 aliphatic heterocycles. The van der Waals surface area contributed by atoms with Crippen LogP contribution in [0.3, 0.4) is 0 Å². The quantitative estimate of drug-likeness (QED) is 0.419. The highest BCUT2D eigenvalue weighted by molar-refractivity contribution is 7.87. The number of rotatable bonds is 5. The van der Waals surface area contributed by atoms with Crippen molar-refractivity contribution in [3.63, 3.8) is 0 Å². The lowest BCUT2D eigenvalue weighted by Crippen LogP contribution is -2.44. The van der Waals surface area contributed by atoms with Crippen LogP contribution in [0.15, 0.2) is 41.3 Å². The van der Waals surface area contributed by atoms with Gasteiger partial charge in [0.2, 0.25) is 11.8 Å². The molecule has 0 saturated carbocycles. The van der Waals surface area contributed by atoms with E-state index in [0.717, 1.165) is 4.90 Å². The molecule has 33 heavy (non-hydrogen) atoms. The van der Waals surface area contributed by atoms with E-state index in [1.54, 1.807) is 24.3 Å². The van der Waals surface area contributed by atoms with Crippen LogP contribution >= 0.6 is 0 Å². The van der Waals surface area contributed by atoms with Crippen molar-refractivity contribution in [1.29, 1.82) is 0 Å². The third-order valence-corrected chi connectivity index (χ3v) is 5.55. The molecule has 1 aliphatic rings. The van der Waals surface area contributed by atoms with E-state index in [4.69, 9.17) is 4.42 Å². The summed E-state index contributed by atoms with van der Waals surface area (Å²) in [4.78, 5) is 23.7. The summed E-state index contributed by atoms with van der Waals surface area (Å²) in [5.74, 6) is -0.656. The highest BCUT2D eigenvalue weighted by atomic mass is 32.2. The first-order chi connectivity index (χ1) is 15.5. The number of carbonyl (C=O) groups is 1. The Bertz CT molecular complexity index is 1280. The molecule has 1 aromatic carbocycles. The minimum Gasteiger partial charge on any atom is -0.530 e. The molecule has 0 saturated heterocycles. The van der Waals surface area contributed by atoms with E-state index in [0.29, 0.717) is 17.0 Å². The number of carbonyl (C=O) groups excluding carboxylic acids is 1. The van der Waals surface area contributed by atoms with Gasteiger partial charge in [-0.25, -0.2) is 9.97 Å². The number of halogens is 3. The smallest absolute Gasteiger partial charge is 0.530 e. The molecule has 1 amide bonds. The van der Waals surface area contributed by atoms with Gasteiger partial charge in [0, 0.05) is 24.2 Å². The summed E-state index contributed by atoms with van der Waals surface area (Å²) in [6.07, 6.45) is 1.17. The number of nitrogens with zero attached hydrogens (tertiary/aromatic N) is 4. The number of hydrogen-bond donors (Lipinski definition) is 1. The third kappa shape index (κ3) is 4.67. The van der Waals surface area contributed by atoms with Gasteiger partial charge in [0.1, 0.15) is 6.09 Å². The molecule has 3 heterocycles. The predicted molar refractivity (Wildman–Crippen MR) is 102 cm³/mol. The van der Waals surface area contributed by atoms with Gasteiger partial charge in [-0.2, -0.15) is 26.6 Å². The van der Waals surface area contributed by atoms with Gasteiger partial charge < -0.3 is 28.7 Å². The molecule has 2 aromatic heterocycles. The number of anilines is 2. The van der Waals surface area contributed by atoms with Crippen LogP contribution in [-0.2, 0) is 23.1 Å². The van der Waals surface area contributed by atoms with Crippen molar-refractivity contribution in [3.05, 3.63) is 48.1 Å². The highest BCUT2D eigenvalue weighted by Gasteiger charge is 2.49. The first kappa shape index (κ1) is 22.3. The van der Waals surface area contributed by atoms with Crippen LogP contribution in [-0.4, -0.2) is 46.4 Å². The first-order valence-corrected chi connectivity index (χ1v) is 10.6. The Kier molecular flexibility index (Phi) is 5.57. The van der Waals surface area contributed by atoms with Crippen LogP contribution in [0.4, 0.5) is 29.6 Å². The van der Waals surface area contributed by atoms with Gasteiger partial charge in [0.05, 0.1) is 24.0 Å². The van der Waals surface area contributed by atoms with Gasteiger partial charge in [-0.05, 0) is 24.3 Å². The summed E-state index contributed by atoms with van der Waals surface area (Å²) < 4.78 is 71.1. The third-order valence-electron chi connectivity index (χ3n) is 4.61. The van der Waals surface area contributed by atoms with Gasteiger partial charge in [-0.1, -0.05) is 0 Å². The summed E-state index contributed by atoms with van der Waals surface area (Å²) in [7, 11) is -6.06. The van der Waals surface area contributed by atoms with Gasteiger partial charge >= 0.3 is 15.6 Å². The van der Waals surface area contributed by atoms with E-state index in [1.165, 1.54) is 12.6 Å². The SMILES string of the molecule is O=C([O-])N1CCc2nc(Nc3ccc(-c4cnco4)cc3)nc(OS(=O)(=O)C(F)(F)F)c2C1. The second-order valence-electron chi connectivity index (χ2n) is 6.77. The zero-order valence-corrected chi connectivity index (χ0v) is 17.2. The number of carboxylic acid groups (broad SMARTS) is 1. The molecule has 0 spiro atoms. The lowest BCUT2D eigenvalue weighted by atomic mass is 10.1. The zero-order valence-electron chi connectivity index (χ0n) is 16.4. The van der Waals surface area contributed by atoms with Crippen LogP contribution in [0.1, 0.15) is 11.3 Å². The summed E-state index contributed by atoms with van der Waals surface area (Å²) in [5.41, 5.74) is -4.65. The van der Waals surface area contributed by atoms with Crippen molar-refractivity contribution in [2.75, 3.05) is 11.9 Å². The molecule has 3 aromatic rings. The Hall–Kier alpha value is -3.88. The molecule has 0 unspecified atom stereocenters. The Morgan fingerprint density at radius 1 is 1.21 bits per heavy atom. The van der Waals surface area contributed by atoms with Crippen LogP contribution in [0, 0.1) is 0 Å². The molecule has 11 nitrogen and oxygen atoms in total. The first-order valence-electron chi connectivity index (χ1n) is 9.16. The molecule has 0 fully saturated rings. The number of benzene rings is 1. The summed E-state index contributed by atoms with van der Waals surface area (Å²) in [6, 6.07) is 6.55. The Labute approximate surface area is 184 Å². The Morgan fingerprint density at radius 3 is 2.55 bits per heavy atom. The summed E-state index contributed by atoms with van der Waals surface area (Å²) in [6.45, 7) is -0.546. The molecule has 0 atom stereocenters. The summed E-state index contributed by atoms with van der Waals surface area (Å²) in [5, 5.41) is 13.9. The van der Waals surface area contributed by atoms with Gasteiger partial charge in [-0.3, -0.25) is 0 Å². The van der Waals surface area contributed by atoms with Crippen LogP contribution in [0.5, 0.6) is 5.88 Å². The minimum absolute atomic E-state index is 0.0205. The number of aromatic nitrogens is 3. The normalized spacial score (nSPS) is 14.0. The number of fused-ring (bicyclic) bond motifs is 1. The maximum Gasteiger partial charge on any atom is 0.534 e. The topological polar surface area (TPSA) is 151 Å². The van der Waals surface area contributed by atoms with Crippen molar-refractivity contribution >= 4 is 27.8 Å². The lowest BCUT2D eigenvalue weighted by Gasteiger charge is -2.30. The van der Waals surface area contributed by atoms with Crippen molar-refractivity contribution < 1.29 is 40.1 Å². The van der Waals surface area contributed by atoms with Crippen molar-refractivity contribution in [2.24, 2.45) is 0 Å². The predicted octanol–water partition coefficient (Wildman–Crippen LogP) is 1.80. The molecule has 174 valence electrons. The van der Waals surface area contributed by atoms with E-state index < -0.39 is 34.1 Å². The standard InChI is InChI=1S/C18H14F3N5O6S/c19-18(20,21)33(29,30)32-15-12-8-26(17(27)28)6-5-13(12)24-16(25-15)23-11-3-1-10(2-4-11)14-7-22-9-31-14/h1-4,7,9H,5-6,8H2,(H,27,28)(H,23,24,25)/p-1.